The number of fused-ring (bicyclic) bond motifs is 2. The van der Waals surface area contributed by atoms with Crippen molar-refractivity contribution in [3.63, 3.8) is 0 Å². The Hall–Kier alpha value is -2.33. The van der Waals surface area contributed by atoms with Crippen molar-refractivity contribution in [1.82, 2.24) is 10.2 Å². The van der Waals surface area contributed by atoms with Gasteiger partial charge in [0.25, 0.3) is 0 Å². The van der Waals surface area contributed by atoms with E-state index >= 15 is 0 Å². The summed E-state index contributed by atoms with van der Waals surface area (Å²) in [7, 11) is 1.71. The second kappa shape index (κ2) is 8.66. The first-order chi connectivity index (χ1) is 15.1. The number of nitrogens with one attached hydrogen (secondary N) is 1. The van der Waals surface area contributed by atoms with Gasteiger partial charge in [0.2, 0.25) is 5.91 Å². The van der Waals surface area contributed by atoms with Crippen molar-refractivity contribution in [2.45, 2.75) is 68.9 Å². The number of carbonyl (C=O) groups is 1. The molecule has 2 aromatic carbocycles. The number of rotatable bonds is 6. The Morgan fingerprint density at radius 1 is 1.10 bits per heavy atom. The van der Waals surface area contributed by atoms with Crippen LogP contribution in [0.25, 0.3) is 0 Å². The number of amides is 1. The Balaban J connectivity index is 1.24. The number of carbonyl (C=O) groups excluding carboxylic acids is 1. The molecule has 164 valence electrons. The number of likely N-dealkylation sites (tertiary alicyclic amines) is 1. The molecule has 2 aromatic rings. The molecular weight excluding hydrogens is 384 g/mol. The van der Waals surface area contributed by atoms with Crippen molar-refractivity contribution in [2.24, 2.45) is 0 Å². The molecule has 1 spiro atoms. The number of methoxy groups -OCH3 is 1. The van der Waals surface area contributed by atoms with E-state index in [0.29, 0.717) is 18.4 Å². The Bertz CT molecular complexity index is 911. The van der Waals surface area contributed by atoms with Crippen molar-refractivity contribution >= 4 is 5.91 Å². The Morgan fingerprint density at radius 3 is 2.52 bits per heavy atom. The van der Waals surface area contributed by atoms with Gasteiger partial charge in [-0.1, -0.05) is 36.4 Å². The van der Waals surface area contributed by atoms with E-state index in [1.165, 1.54) is 36.0 Å². The van der Waals surface area contributed by atoms with Crippen LogP contribution >= 0.6 is 0 Å². The summed E-state index contributed by atoms with van der Waals surface area (Å²) in [5.74, 6) is 1.53. The molecule has 2 aliphatic carbocycles. The molecule has 31 heavy (non-hydrogen) atoms. The van der Waals surface area contributed by atoms with Gasteiger partial charge in [-0.25, -0.2) is 0 Å². The fraction of sp³-hybridized carbons (Fsp3) is 0.519. The van der Waals surface area contributed by atoms with Crippen LogP contribution in [-0.2, 0) is 16.8 Å². The first-order valence-corrected chi connectivity index (χ1v) is 11.9. The minimum absolute atomic E-state index is 0.244. The number of nitrogens with zero attached hydrogens (tertiary/aromatic N) is 1. The molecule has 4 nitrogen and oxygen atoms in total. The standard InChI is InChI=1S/C27H34N2O2/c1-31-23-11-9-20(10-12-23)19-29-15-13-27(14-16-29)18-21(24-7-2-3-8-25(24)27)17-26(30)28-22-5-4-6-22/h2-3,7-12,21-22H,4-6,13-19H2,1H3,(H,28,30). The lowest BCUT2D eigenvalue weighted by molar-refractivity contribution is -0.122. The zero-order valence-corrected chi connectivity index (χ0v) is 18.6. The van der Waals surface area contributed by atoms with E-state index in [-0.39, 0.29) is 11.3 Å². The van der Waals surface area contributed by atoms with Gasteiger partial charge in [-0.2, -0.15) is 0 Å². The van der Waals surface area contributed by atoms with Crippen LogP contribution in [0.5, 0.6) is 5.75 Å². The fourth-order valence-corrected chi connectivity index (χ4v) is 5.87. The molecule has 1 amide bonds. The van der Waals surface area contributed by atoms with E-state index in [1.54, 1.807) is 7.11 Å². The quantitative estimate of drug-likeness (QED) is 0.734. The smallest absolute Gasteiger partial charge is 0.220 e. The first-order valence-electron chi connectivity index (χ1n) is 11.9. The largest absolute Gasteiger partial charge is 0.497 e. The molecule has 3 aliphatic rings. The van der Waals surface area contributed by atoms with E-state index in [1.807, 2.05) is 12.1 Å². The van der Waals surface area contributed by atoms with Crippen molar-refractivity contribution in [3.8, 4) is 5.75 Å². The number of benzene rings is 2. The fourth-order valence-electron chi connectivity index (χ4n) is 5.87. The lowest BCUT2D eigenvalue weighted by atomic mass is 9.73. The molecule has 1 N–H and O–H groups in total. The van der Waals surface area contributed by atoms with Gasteiger partial charge in [-0.15, -0.1) is 0 Å². The number of ether oxygens (including phenoxy) is 1. The predicted molar refractivity (Wildman–Crippen MR) is 123 cm³/mol. The van der Waals surface area contributed by atoms with E-state index in [4.69, 9.17) is 4.74 Å². The minimum atomic E-state index is 0.244. The molecule has 1 saturated carbocycles. The molecule has 4 heteroatoms. The van der Waals surface area contributed by atoms with Gasteiger partial charge in [-0.3, -0.25) is 9.69 Å². The Labute approximate surface area is 186 Å². The molecule has 2 fully saturated rings. The van der Waals surface area contributed by atoms with Crippen LogP contribution < -0.4 is 10.1 Å². The van der Waals surface area contributed by atoms with E-state index < -0.39 is 0 Å². The summed E-state index contributed by atoms with van der Waals surface area (Å²) in [6.07, 6.45) is 7.70. The molecule has 1 aliphatic heterocycles. The monoisotopic (exact) mass is 418 g/mol. The maximum atomic E-state index is 12.7. The van der Waals surface area contributed by atoms with Gasteiger partial charge in [0.05, 0.1) is 7.11 Å². The average Bonchev–Trinajstić information content (AvgIpc) is 3.06. The second-order valence-electron chi connectivity index (χ2n) is 9.79. The van der Waals surface area contributed by atoms with E-state index in [9.17, 15) is 4.79 Å². The first kappa shape index (κ1) is 20.6. The van der Waals surface area contributed by atoms with Crippen molar-refractivity contribution in [2.75, 3.05) is 20.2 Å². The summed E-state index contributed by atoms with van der Waals surface area (Å²) >= 11 is 0. The topological polar surface area (TPSA) is 41.6 Å². The van der Waals surface area contributed by atoms with E-state index in [2.05, 4.69) is 46.6 Å². The van der Waals surface area contributed by atoms with Crippen LogP contribution in [0.2, 0.25) is 0 Å². The third kappa shape index (κ3) is 4.23. The number of piperidine rings is 1. The zero-order valence-electron chi connectivity index (χ0n) is 18.6. The third-order valence-electron chi connectivity index (χ3n) is 7.89. The van der Waals surface area contributed by atoms with Gasteiger partial charge >= 0.3 is 0 Å². The molecule has 1 heterocycles. The molecule has 0 radical (unpaired) electrons. The lowest BCUT2D eigenvalue weighted by Gasteiger charge is -2.40. The van der Waals surface area contributed by atoms with Crippen molar-refractivity contribution in [3.05, 3.63) is 65.2 Å². The van der Waals surface area contributed by atoms with Crippen LogP contribution in [0.3, 0.4) is 0 Å². The molecular formula is C27H34N2O2. The van der Waals surface area contributed by atoms with Crippen molar-refractivity contribution < 1.29 is 9.53 Å². The second-order valence-corrected chi connectivity index (χ2v) is 9.79. The van der Waals surface area contributed by atoms with Crippen LogP contribution in [0, 0.1) is 0 Å². The summed E-state index contributed by atoms with van der Waals surface area (Å²) < 4.78 is 5.28. The number of hydrogen-bond donors (Lipinski definition) is 1. The molecule has 1 atom stereocenters. The molecule has 1 unspecified atom stereocenters. The van der Waals surface area contributed by atoms with Gasteiger partial charge in [0.15, 0.2) is 0 Å². The third-order valence-corrected chi connectivity index (χ3v) is 7.89. The zero-order chi connectivity index (χ0) is 21.3. The van der Waals surface area contributed by atoms with Gasteiger partial charge < -0.3 is 10.1 Å². The SMILES string of the molecule is COc1ccc(CN2CCC3(CC2)CC(CC(=O)NC2CCC2)c2ccccc23)cc1. The average molecular weight is 419 g/mol. The summed E-state index contributed by atoms with van der Waals surface area (Å²) in [5.41, 5.74) is 4.53. The Kier molecular flexibility index (Phi) is 5.75. The Morgan fingerprint density at radius 2 is 1.84 bits per heavy atom. The normalized spacial score (nSPS) is 22.7. The van der Waals surface area contributed by atoms with Crippen LogP contribution in [0.15, 0.2) is 48.5 Å². The van der Waals surface area contributed by atoms with Crippen LogP contribution in [0.4, 0.5) is 0 Å². The summed E-state index contributed by atoms with van der Waals surface area (Å²) in [6, 6.07) is 17.8. The van der Waals surface area contributed by atoms with Crippen molar-refractivity contribution in [1.29, 1.82) is 0 Å². The highest BCUT2D eigenvalue weighted by Crippen LogP contribution is 2.52. The maximum Gasteiger partial charge on any atom is 0.220 e. The molecule has 0 bridgehead atoms. The van der Waals surface area contributed by atoms with Gasteiger partial charge in [-0.05, 0) is 91.8 Å². The molecule has 5 rings (SSSR count). The highest BCUT2D eigenvalue weighted by Gasteiger charge is 2.45. The highest BCUT2D eigenvalue weighted by molar-refractivity contribution is 5.77. The van der Waals surface area contributed by atoms with Crippen LogP contribution in [0.1, 0.15) is 67.6 Å². The summed E-state index contributed by atoms with van der Waals surface area (Å²) in [6.45, 7) is 3.22. The van der Waals surface area contributed by atoms with Gasteiger partial charge in [0.1, 0.15) is 5.75 Å². The van der Waals surface area contributed by atoms with E-state index in [0.717, 1.165) is 44.6 Å². The highest BCUT2D eigenvalue weighted by atomic mass is 16.5. The minimum Gasteiger partial charge on any atom is -0.497 e. The molecule has 1 saturated heterocycles. The summed E-state index contributed by atoms with van der Waals surface area (Å²) in [4.78, 5) is 15.2. The lowest BCUT2D eigenvalue weighted by Crippen LogP contribution is -2.41. The predicted octanol–water partition coefficient (Wildman–Crippen LogP) is 4.78. The molecule has 0 aromatic heterocycles. The van der Waals surface area contributed by atoms with Gasteiger partial charge in [0, 0.05) is 19.0 Å². The summed E-state index contributed by atoms with van der Waals surface area (Å²) in [5, 5.41) is 3.25. The number of hydrogen-bond acceptors (Lipinski definition) is 3. The van der Waals surface area contributed by atoms with Crippen LogP contribution in [-0.4, -0.2) is 37.0 Å². The maximum absolute atomic E-state index is 12.7.